The molecule has 124 valence electrons. The number of carbonyl (C=O) groups is 1. The Kier molecular flexibility index (Phi) is 4.28. The molecule has 0 aliphatic rings. The third-order valence-corrected chi connectivity index (χ3v) is 3.02. The summed E-state index contributed by atoms with van der Waals surface area (Å²) in [4.78, 5) is 36.4. The Balaban J connectivity index is 2.84. The summed E-state index contributed by atoms with van der Waals surface area (Å²) in [5.74, 6) is -0.959. The molecule has 0 spiro atoms. The van der Waals surface area contributed by atoms with Crippen LogP contribution in [0.1, 0.15) is 21.6 Å². The summed E-state index contributed by atoms with van der Waals surface area (Å²) in [6.45, 7) is 0. The molecular weight excluding hydrogens is 331 g/mol. The van der Waals surface area contributed by atoms with Crippen molar-refractivity contribution in [3.63, 3.8) is 0 Å². The van der Waals surface area contributed by atoms with Gasteiger partial charge in [-0.2, -0.15) is 18.4 Å². The molecule has 2 aromatic rings. The zero-order valence-electron chi connectivity index (χ0n) is 12.0. The second kappa shape index (κ2) is 6.04. The first-order valence-electron chi connectivity index (χ1n) is 6.25. The fourth-order valence-corrected chi connectivity index (χ4v) is 2.01. The van der Waals surface area contributed by atoms with E-state index in [9.17, 15) is 27.6 Å². The van der Waals surface area contributed by atoms with E-state index in [0.29, 0.717) is 0 Å². The normalized spacial score (nSPS) is 11.0. The number of aromatic nitrogens is 2. The molecule has 0 bridgehead atoms. The number of halogens is 3. The van der Waals surface area contributed by atoms with E-state index < -0.39 is 29.1 Å². The average molecular weight is 339 g/mol. The van der Waals surface area contributed by atoms with Crippen LogP contribution in [-0.2, 0) is 10.9 Å². The molecule has 0 amide bonds. The van der Waals surface area contributed by atoms with Crippen LogP contribution in [0, 0.1) is 11.3 Å². The van der Waals surface area contributed by atoms with Crippen LogP contribution >= 0.6 is 0 Å². The Bertz CT molecular complexity index is 967. The highest BCUT2D eigenvalue weighted by atomic mass is 19.4. The SMILES string of the molecule is COC(=O)c1cc(-n2c(C(F)(F)F)cc(=O)[nH]c2=O)ccc1C#N. The van der Waals surface area contributed by atoms with Crippen LogP contribution in [0.4, 0.5) is 13.2 Å². The van der Waals surface area contributed by atoms with Crippen molar-refractivity contribution in [3.8, 4) is 11.8 Å². The van der Waals surface area contributed by atoms with E-state index in [-0.39, 0.29) is 27.4 Å². The highest BCUT2D eigenvalue weighted by molar-refractivity contribution is 5.92. The molecule has 0 saturated carbocycles. The number of nitrogens with zero attached hydrogens (tertiary/aromatic N) is 2. The third kappa shape index (κ3) is 3.05. The monoisotopic (exact) mass is 339 g/mol. The Morgan fingerprint density at radius 3 is 2.50 bits per heavy atom. The molecule has 0 saturated heterocycles. The molecule has 0 unspecified atom stereocenters. The number of benzene rings is 1. The first-order valence-corrected chi connectivity index (χ1v) is 6.25. The van der Waals surface area contributed by atoms with E-state index in [0.717, 1.165) is 25.3 Å². The number of methoxy groups -OCH3 is 1. The van der Waals surface area contributed by atoms with Crippen molar-refractivity contribution < 1.29 is 22.7 Å². The molecule has 0 atom stereocenters. The first-order chi connectivity index (χ1) is 11.2. The molecule has 1 aromatic heterocycles. The van der Waals surface area contributed by atoms with Crippen molar-refractivity contribution in [2.24, 2.45) is 0 Å². The topological polar surface area (TPSA) is 105 Å². The minimum atomic E-state index is -4.99. The van der Waals surface area contributed by atoms with E-state index in [2.05, 4.69) is 4.74 Å². The van der Waals surface area contributed by atoms with Crippen LogP contribution < -0.4 is 11.2 Å². The molecule has 2 rings (SSSR count). The Labute approximate surface area is 131 Å². The van der Waals surface area contributed by atoms with Crippen LogP contribution in [0.2, 0.25) is 0 Å². The maximum absolute atomic E-state index is 13.1. The van der Waals surface area contributed by atoms with Gasteiger partial charge in [0.25, 0.3) is 5.56 Å². The van der Waals surface area contributed by atoms with Crippen molar-refractivity contribution >= 4 is 5.97 Å². The second-order valence-corrected chi connectivity index (χ2v) is 4.49. The Morgan fingerprint density at radius 2 is 1.96 bits per heavy atom. The molecule has 1 heterocycles. The van der Waals surface area contributed by atoms with Gasteiger partial charge < -0.3 is 4.74 Å². The van der Waals surface area contributed by atoms with Crippen LogP contribution in [0.3, 0.4) is 0 Å². The van der Waals surface area contributed by atoms with Crippen molar-refractivity contribution in [3.05, 3.63) is 61.9 Å². The largest absolute Gasteiger partial charge is 0.465 e. The lowest BCUT2D eigenvalue weighted by Crippen LogP contribution is -2.34. The summed E-state index contributed by atoms with van der Waals surface area (Å²) < 4.78 is 44.0. The molecule has 1 N–H and O–H groups in total. The Hall–Kier alpha value is -3.35. The molecule has 0 aliphatic heterocycles. The molecule has 24 heavy (non-hydrogen) atoms. The summed E-state index contributed by atoms with van der Waals surface area (Å²) in [5, 5.41) is 8.95. The quantitative estimate of drug-likeness (QED) is 0.828. The van der Waals surface area contributed by atoms with Gasteiger partial charge >= 0.3 is 17.8 Å². The minimum absolute atomic E-state index is 0.142. The number of nitrogens with one attached hydrogen (secondary N) is 1. The van der Waals surface area contributed by atoms with Crippen molar-refractivity contribution in [1.29, 1.82) is 5.26 Å². The lowest BCUT2D eigenvalue weighted by Gasteiger charge is -2.15. The van der Waals surface area contributed by atoms with Crippen LogP contribution in [0.15, 0.2) is 33.9 Å². The van der Waals surface area contributed by atoms with E-state index in [1.165, 1.54) is 0 Å². The predicted molar refractivity (Wildman–Crippen MR) is 73.7 cm³/mol. The summed E-state index contributed by atoms with van der Waals surface area (Å²) in [5.41, 5.74) is -4.89. The van der Waals surface area contributed by atoms with E-state index >= 15 is 0 Å². The molecule has 10 heteroatoms. The van der Waals surface area contributed by atoms with E-state index in [1.807, 2.05) is 0 Å². The standard InChI is InChI=1S/C14H8F3N3O4/c1-24-12(22)9-4-8(3-2-7(9)6-18)20-10(14(15,16)17)5-11(21)19-13(20)23/h2-5H,1H3,(H,19,21,23). The van der Waals surface area contributed by atoms with Crippen LogP contribution in [0.25, 0.3) is 5.69 Å². The molecule has 0 aliphatic carbocycles. The fourth-order valence-electron chi connectivity index (χ4n) is 2.01. The maximum atomic E-state index is 13.1. The van der Waals surface area contributed by atoms with Gasteiger partial charge in [-0.25, -0.2) is 9.59 Å². The van der Waals surface area contributed by atoms with Gasteiger partial charge in [-0.1, -0.05) is 0 Å². The fraction of sp³-hybridized carbons (Fsp3) is 0.143. The van der Waals surface area contributed by atoms with Gasteiger partial charge in [0.1, 0.15) is 11.8 Å². The summed E-state index contributed by atoms with van der Waals surface area (Å²) >= 11 is 0. The summed E-state index contributed by atoms with van der Waals surface area (Å²) in [7, 11) is 1.03. The number of aromatic amines is 1. The smallest absolute Gasteiger partial charge is 0.432 e. The van der Waals surface area contributed by atoms with Gasteiger partial charge in [-0.05, 0) is 18.2 Å². The lowest BCUT2D eigenvalue weighted by molar-refractivity contribution is -0.143. The molecular formula is C14H8F3N3O4. The van der Waals surface area contributed by atoms with Crippen LogP contribution in [0.5, 0.6) is 0 Å². The first kappa shape index (κ1) is 17.0. The molecule has 0 fully saturated rings. The summed E-state index contributed by atoms with van der Waals surface area (Å²) in [6.07, 6.45) is -4.99. The van der Waals surface area contributed by atoms with Gasteiger partial charge in [-0.15, -0.1) is 0 Å². The Morgan fingerprint density at radius 1 is 1.29 bits per heavy atom. The van der Waals surface area contributed by atoms with Gasteiger partial charge in [0.15, 0.2) is 0 Å². The number of carbonyl (C=O) groups excluding carboxylic acids is 1. The number of hydrogen-bond acceptors (Lipinski definition) is 5. The maximum Gasteiger partial charge on any atom is 0.432 e. The number of nitriles is 1. The highest BCUT2D eigenvalue weighted by Crippen LogP contribution is 2.29. The second-order valence-electron chi connectivity index (χ2n) is 4.49. The van der Waals surface area contributed by atoms with Gasteiger partial charge in [-0.3, -0.25) is 14.3 Å². The highest BCUT2D eigenvalue weighted by Gasteiger charge is 2.35. The number of esters is 1. The average Bonchev–Trinajstić information content (AvgIpc) is 2.52. The number of hydrogen-bond donors (Lipinski definition) is 1. The van der Waals surface area contributed by atoms with Gasteiger partial charge in [0, 0.05) is 6.07 Å². The number of ether oxygens (including phenoxy) is 1. The minimum Gasteiger partial charge on any atom is -0.465 e. The number of alkyl halides is 3. The zero-order valence-corrected chi connectivity index (χ0v) is 12.0. The van der Waals surface area contributed by atoms with Gasteiger partial charge in [0.05, 0.1) is 23.9 Å². The van der Waals surface area contributed by atoms with Crippen molar-refractivity contribution in [1.82, 2.24) is 9.55 Å². The van der Waals surface area contributed by atoms with Crippen molar-refractivity contribution in [2.75, 3.05) is 7.11 Å². The zero-order chi connectivity index (χ0) is 18.1. The molecule has 1 aromatic carbocycles. The predicted octanol–water partition coefficient (Wildman–Crippen LogP) is 1.20. The summed E-state index contributed by atoms with van der Waals surface area (Å²) in [6, 6.07) is 4.92. The number of H-pyrrole nitrogens is 1. The molecule has 0 radical (unpaired) electrons. The van der Waals surface area contributed by atoms with E-state index in [1.54, 1.807) is 11.1 Å². The van der Waals surface area contributed by atoms with E-state index in [4.69, 9.17) is 5.26 Å². The lowest BCUT2D eigenvalue weighted by atomic mass is 10.1. The van der Waals surface area contributed by atoms with Crippen LogP contribution in [-0.4, -0.2) is 22.6 Å². The molecule has 7 nitrogen and oxygen atoms in total. The third-order valence-electron chi connectivity index (χ3n) is 3.02. The van der Waals surface area contributed by atoms with Gasteiger partial charge in [0.2, 0.25) is 0 Å². The van der Waals surface area contributed by atoms with Crippen molar-refractivity contribution in [2.45, 2.75) is 6.18 Å². The number of rotatable bonds is 2.